The summed E-state index contributed by atoms with van der Waals surface area (Å²) < 4.78 is 34.8. The second-order valence-corrected chi connectivity index (χ2v) is 7.44. The van der Waals surface area contributed by atoms with Gasteiger partial charge < -0.3 is 9.64 Å². The van der Waals surface area contributed by atoms with Gasteiger partial charge in [-0.15, -0.1) is 0 Å². The van der Waals surface area contributed by atoms with Crippen LogP contribution in [0.1, 0.15) is 27.3 Å². The summed E-state index contributed by atoms with van der Waals surface area (Å²) in [6.07, 6.45) is 3.11. The molecule has 1 aliphatic rings. The molecule has 0 amide bonds. The molecule has 0 bridgehead atoms. The molecule has 0 unspecified atom stereocenters. The fraction of sp³-hybridized carbons (Fsp3) is 0.250. The van der Waals surface area contributed by atoms with Crippen LogP contribution < -0.4 is 4.90 Å². The van der Waals surface area contributed by atoms with Gasteiger partial charge in [-0.1, -0.05) is 0 Å². The zero-order chi connectivity index (χ0) is 22.0. The molecule has 160 valence electrons. The molecular formula is C24H23F2N3O2. The number of carbonyl (C=O) groups is 1. The van der Waals surface area contributed by atoms with Crippen LogP contribution in [0.15, 0.2) is 48.5 Å². The van der Waals surface area contributed by atoms with Crippen molar-refractivity contribution in [3.63, 3.8) is 0 Å². The minimum absolute atomic E-state index is 0.284. The van der Waals surface area contributed by atoms with Gasteiger partial charge in [-0.3, -0.25) is 4.79 Å². The Bertz CT molecular complexity index is 1130. The Balaban J connectivity index is 1.54. The van der Waals surface area contributed by atoms with Gasteiger partial charge in [0, 0.05) is 29.9 Å². The molecule has 1 aromatic heterocycles. The quantitative estimate of drug-likeness (QED) is 0.448. The fourth-order valence-corrected chi connectivity index (χ4v) is 3.71. The lowest BCUT2D eigenvalue weighted by Gasteiger charge is -2.29. The van der Waals surface area contributed by atoms with E-state index < -0.39 is 5.82 Å². The van der Waals surface area contributed by atoms with E-state index in [1.54, 1.807) is 35.0 Å². The van der Waals surface area contributed by atoms with Crippen molar-refractivity contribution in [3.8, 4) is 5.69 Å². The Kier molecular flexibility index (Phi) is 5.95. The van der Waals surface area contributed by atoms with Gasteiger partial charge in [0.25, 0.3) is 0 Å². The average molecular weight is 423 g/mol. The van der Waals surface area contributed by atoms with Crippen molar-refractivity contribution in [2.45, 2.75) is 13.8 Å². The average Bonchev–Trinajstić information content (AvgIpc) is 3.06. The fourth-order valence-electron chi connectivity index (χ4n) is 3.71. The topological polar surface area (TPSA) is 47.4 Å². The SMILES string of the molecule is Cc1nn(-c2ccc(F)cc2)c(C)c1C=CC(=O)c1ccc(N2CCOCC2)c(F)c1. The van der Waals surface area contributed by atoms with E-state index in [4.69, 9.17) is 4.74 Å². The standard InChI is InChI=1S/C24H23F2N3O2/c1-16-21(17(2)29(27-16)20-6-4-19(25)5-7-20)8-10-24(30)18-3-9-23(22(26)15-18)28-11-13-31-14-12-28/h3-10,15H,11-14H2,1-2H3. The lowest BCUT2D eigenvalue weighted by atomic mass is 10.1. The van der Waals surface area contributed by atoms with E-state index in [-0.39, 0.29) is 17.2 Å². The highest BCUT2D eigenvalue weighted by molar-refractivity contribution is 6.07. The van der Waals surface area contributed by atoms with E-state index in [0.29, 0.717) is 32.0 Å². The third kappa shape index (κ3) is 4.41. The summed E-state index contributed by atoms with van der Waals surface area (Å²) >= 11 is 0. The van der Waals surface area contributed by atoms with Crippen molar-refractivity contribution in [1.29, 1.82) is 0 Å². The first-order valence-electron chi connectivity index (χ1n) is 10.1. The second-order valence-electron chi connectivity index (χ2n) is 7.44. The molecule has 4 rings (SSSR count). The molecule has 3 aromatic rings. The molecule has 1 saturated heterocycles. The molecule has 2 aromatic carbocycles. The predicted octanol–water partition coefficient (Wildman–Crippen LogP) is 4.50. The number of anilines is 1. The molecule has 5 nitrogen and oxygen atoms in total. The maximum absolute atomic E-state index is 14.6. The third-order valence-corrected chi connectivity index (χ3v) is 5.40. The molecule has 31 heavy (non-hydrogen) atoms. The summed E-state index contributed by atoms with van der Waals surface area (Å²) in [7, 11) is 0. The Morgan fingerprint density at radius 1 is 1.06 bits per heavy atom. The number of hydrogen-bond acceptors (Lipinski definition) is 4. The van der Waals surface area contributed by atoms with Crippen molar-refractivity contribution in [1.82, 2.24) is 9.78 Å². The number of rotatable bonds is 5. The van der Waals surface area contributed by atoms with Gasteiger partial charge in [-0.05, 0) is 68.5 Å². The van der Waals surface area contributed by atoms with Crippen LogP contribution in [0.5, 0.6) is 0 Å². The van der Waals surface area contributed by atoms with E-state index in [1.807, 2.05) is 18.7 Å². The van der Waals surface area contributed by atoms with Crippen LogP contribution in [0.2, 0.25) is 0 Å². The van der Waals surface area contributed by atoms with Gasteiger partial charge in [0.1, 0.15) is 11.6 Å². The Morgan fingerprint density at radius 2 is 1.77 bits per heavy atom. The van der Waals surface area contributed by atoms with E-state index in [2.05, 4.69) is 5.10 Å². The van der Waals surface area contributed by atoms with Crippen LogP contribution in [0, 0.1) is 25.5 Å². The van der Waals surface area contributed by atoms with Gasteiger partial charge in [0.2, 0.25) is 0 Å². The van der Waals surface area contributed by atoms with Crippen molar-refractivity contribution < 1.29 is 18.3 Å². The molecular weight excluding hydrogens is 400 g/mol. The number of ether oxygens (including phenoxy) is 1. The first-order valence-corrected chi connectivity index (χ1v) is 10.1. The number of nitrogens with zero attached hydrogens (tertiary/aromatic N) is 3. The Hall–Kier alpha value is -3.32. The van der Waals surface area contributed by atoms with Gasteiger partial charge in [-0.25, -0.2) is 13.5 Å². The summed E-state index contributed by atoms with van der Waals surface area (Å²) in [5.41, 5.74) is 3.85. The number of aromatic nitrogens is 2. The molecule has 1 aliphatic heterocycles. The highest BCUT2D eigenvalue weighted by Gasteiger charge is 2.17. The molecule has 0 atom stereocenters. The first-order chi connectivity index (χ1) is 14.9. The predicted molar refractivity (Wildman–Crippen MR) is 116 cm³/mol. The zero-order valence-electron chi connectivity index (χ0n) is 17.4. The molecule has 7 heteroatoms. The summed E-state index contributed by atoms with van der Waals surface area (Å²) in [5.74, 6) is -1.03. The maximum atomic E-state index is 14.6. The summed E-state index contributed by atoms with van der Waals surface area (Å²) in [6, 6.07) is 10.6. The van der Waals surface area contributed by atoms with E-state index >= 15 is 0 Å². The third-order valence-electron chi connectivity index (χ3n) is 5.40. The van der Waals surface area contributed by atoms with E-state index in [1.165, 1.54) is 24.3 Å². The molecule has 0 radical (unpaired) electrons. The first kappa shape index (κ1) is 20.9. The van der Waals surface area contributed by atoms with E-state index in [0.717, 1.165) is 22.6 Å². The lowest BCUT2D eigenvalue weighted by molar-refractivity contribution is 0.104. The molecule has 0 aliphatic carbocycles. The number of benzene rings is 2. The molecule has 0 spiro atoms. The number of ketones is 1. The van der Waals surface area contributed by atoms with Crippen LogP contribution >= 0.6 is 0 Å². The highest BCUT2D eigenvalue weighted by Crippen LogP contribution is 2.23. The van der Waals surface area contributed by atoms with Crippen LogP contribution in [-0.2, 0) is 4.74 Å². The minimum atomic E-state index is -0.419. The molecule has 1 fully saturated rings. The van der Waals surface area contributed by atoms with Gasteiger partial charge >= 0.3 is 0 Å². The number of carbonyl (C=O) groups excluding carboxylic acids is 1. The maximum Gasteiger partial charge on any atom is 0.185 e. The molecule has 0 N–H and O–H groups in total. The summed E-state index contributed by atoms with van der Waals surface area (Å²) in [4.78, 5) is 14.6. The largest absolute Gasteiger partial charge is 0.378 e. The Labute approximate surface area is 179 Å². The summed E-state index contributed by atoms with van der Waals surface area (Å²) in [6.45, 7) is 6.10. The van der Waals surface area contributed by atoms with Gasteiger partial charge in [-0.2, -0.15) is 5.10 Å². The number of allylic oxidation sites excluding steroid dienone is 1. The normalized spacial score (nSPS) is 14.4. The lowest BCUT2D eigenvalue weighted by Crippen LogP contribution is -2.36. The van der Waals surface area contributed by atoms with Crippen molar-refractivity contribution >= 4 is 17.5 Å². The van der Waals surface area contributed by atoms with Crippen molar-refractivity contribution in [2.24, 2.45) is 0 Å². The summed E-state index contributed by atoms with van der Waals surface area (Å²) in [5, 5.41) is 4.49. The monoisotopic (exact) mass is 423 g/mol. The Morgan fingerprint density at radius 3 is 2.45 bits per heavy atom. The molecule has 0 saturated carbocycles. The zero-order valence-corrected chi connectivity index (χ0v) is 17.4. The highest BCUT2D eigenvalue weighted by atomic mass is 19.1. The van der Waals surface area contributed by atoms with Crippen LogP contribution in [0.25, 0.3) is 11.8 Å². The van der Waals surface area contributed by atoms with Crippen molar-refractivity contribution in [2.75, 3.05) is 31.2 Å². The molecule has 2 heterocycles. The number of hydrogen-bond donors (Lipinski definition) is 0. The number of halogens is 2. The van der Waals surface area contributed by atoms with Crippen LogP contribution in [0.3, 0.4) is 0 Å². The van der Waals surface area contributed by atoms with Crippen LogP contribution in [-0.4, -0.2) is 41.9 Å². The van der Waals surface area contributed by atoms with Gasteiger partial charge in [0.05, 0.1) is 30.3 Å². The van der Waals surface area contributed by atoms with Gasteiger partial charge in [0.15, 0.2) is 5.78 Å². The minimum Gasteiger partial charge on any atom is -0.378 e. The van der Waals surface area contributed by atoms with Crippen LogP contribution in [0.4, 0.5) is 14.5 Å². The number of morpholine rings is 1. The number of aryl methyl sites for hydroxylation is 1. The van der Waals surface area contributed by atoms with Crippen molar-refractivity contribution in [3.05, 3.63) is 82.7 Å². The smallest absolute Gasteiger partial charge is 0.185 e. The second kappa shape index (κ2) is 8.81. The van der Waals surface area contributed by atoms with E-state index in [9.17, 15) is 13.6 Å².